The quantitative estimate of drug-likeness (QED) is 0.625. The molecule has 2 aromatic carbocycles. The number of amides is 2. The molecule has 4 rings (SSSR count). The van der Waals surface area contributed by atoms with Crippen LogP contribution in [-0.2, 0) is 15.7 Å². The lowest BCUT2D eigenvalue weighted by Crippen LogP contribution is -2.67. The molecule has 2 aliphatic heterocycles. The first kappa shape index (κ1) is 19.4. The zero-order valence-electron chi connectivity index (χ0n) is 15.1. The summed E-state index contributed by atoms with van der Waals surface area (Å²) in [5.74, 6) is -0.723. The van der Waals surface area contributed by atoms with Gasteiger partial charge in [-0.15, -0.1) is 0 Å². The summed E-state index contributed by atoms with van der Waals surface area (Å²) in [6.07, 6.45) is -8.12. The van der Waals surface area contributed by atoms with Crippen LogP contribution >= 0.6 is 0 Å². The zero-order valence-corrected chi connectivity index (χ0v) is 15.1. The lowest BCUT2D eigenvalue weighted by Gasteiger charge is -2.41. The van der Waals surface area contributed by atoms with Gasteiger partial charge in [0, 0.05) is 5.56 Å². The molecule has 6 nitrogen and oxygen atoms in total. The maximum atomic E-state index is 13.0. The van der Waals surface area contributed by atoms with E-state index in [0.717, 1.165) is 17.0 Å². The SMILES string of the molecule is COc1ccc(C(=O)N2C(=O)[C@H]3O[C@@H](c4cccc(C(F)(F)F)c4)[C@H](O)[C@H]32)cc1. The van der Waals surface area contributed by atoms with E-state index < -0.39 is 47.9 Å². The molecule has 2 aliphatic rings. The molecule has 1 N–H and O–H groups in total. The fraction of sp³-hybridized carbons (Fsp3) is 0.300. The number of β-lactam (4-membered cyclic amide) rings is 1. The van der Waals surface area contributed by atoms with Crippen molar-refractivity contribution >= 4 is 11.8 Å². The summed E-state index contributed by atoms with van der Waals surface area (Å²) in [5, 5.41) is 10.6. The maximum absolute atomic E-state index is 13.0. The molecule has 9 heteroatoms. The van der Waals surface area contributed by atoms with Crippen LogP contribution in [-0.4, -0.2) is 47.2 Å². The first-order valence-corrected chi connectivity index (χ1v) is 8.74. The number of hydrogen-bond donors (Lipinski definition) is 1. The number of methoxy groups -OCH3 is 1. The molecule has 2 fully saturated rings. The van der Waals surface area contributed by atoms with Gasteiger partial charge >= 0.3 is 6.18 Å². The van der Waals surface area contributed by atoms with Crippen LogP contribution in [0.5, 0.6) is 5.75 Å². The molecule has 29 heavy (non-hydrogen) atoms. The number of halogens is 3. The molecule has 152 valence electrons. The largest absolute Gasteiger partial charge is 0.497 e. The number of aliphatic hydroxyl groups is 1. The van der Waals surface area contributed by atoms with Crippen molar-refractivity contribution in [3.8, 4) is 5.75 Å². The Kier molecular flexibility index (Phi) is 4.59. The van der Waals surface area contributed by atoms with Crippen molar-refractivity contribution in [1.82, 2.24) is 4.90 Å². The van der Waals surface area contributed by atoms with Crippen molar-refractivity contribution in [2.45, 2.75) is 30.5 Å². The van der Waals surface area contributed by atoms with Crippen LogP contribution in [0.15, 0.2) is 48.5 Å². The van der Waals surface area contributed by atoms with Gasteiger partial charge in [-0.05, 0) is 42.0 Å². The highest BCUT2D eigenvalue weighted by molar-refractivity contribution is 6.10. The van der Waals surface area contributed by atoms with Crippen LogP contribution in [0, 0.1) is 0 Å². The highest BCUT2D eigenvalue weighted by Crippen LogP contribution is 2.44. The number of aliphatic hydroxyl groups excluding tert-OH is 1. The van der Waals surface area contributed by atoms with E-state index in [1.54, 1.807) is 12.1 Å². The number of imide groups is 1. The maximum Gasteiger partial charge on any atom is 0.416 e. The summed E-state index contributed by atoms with van der Waals surface area (Å²) in [6.45, 7) is 0. The highest BCUT2D eigenvalue weighted by atomic mass is 19.4. The summed E-state index contributed by atoms with van der Waals surface area (Å²) in [5.41, 5.74) is -0.582. The molecule has 4 atom stereocenters. The summed E-state index contributed by atoms with van der Waals surface area (Å²) in [7, 11) is 1.47. The Morgan fingerprint density at radius 1 is 1.14 bits per heavy atom. The molecule has 0 aliphatic carbocycles. The molecule has 2 aromatic rings. The van der Waals surface area contributed by atoms with E-state index in [-0.39, 0.29) is 11.1 Å². The molecule has 0 bridgehead atoms. The number of carbonyl (C=O) groups is 2. The van der Waals surface area contributed by atoms with E-state index in [2.05, 4.69) is 0 Å². The first-order chi connectivity index (χ1) is 13.7. The van der Waals surface area contributed by atoms with Crippen LogP contribution in [0.2, 0.25) is 0 Å². The third-order valence-corrected chi connectivity index (χ3v) is 5.14. The number of alkyl halides is 3. The number of fused-ring (bicyclic) bond motifs is 1. The molecule has 2 heterocycles. The second-order valence-electron chi connectivity index (χ2n) is 6.82. The van der Waals surface area contributed by atoms with E-state index in [1.807, 2.05) is 0 Å². The minimum absolute atomic E-state index is 0.0892. The number of benzene rings is 2. The third kappa shape index (κ3) is 3.16. The Morgan fingerprint density at radius 2 is 1.83 bits per heavy atom. The van der Waals surface area contributed by atoms with Crippen LogP contribution in [0.4, 0.5) is 13.2 Å². The van der Waals surface area contributed by atoms with E-state index in [1.165, 1.54) is 31.4 Å². The Balaban J connectivity index is 1.57. The fourth-order valence-electron chi connectivity index (χ4n) is 3.65. The lowest BCUT2D eigenvalue weighted by molar-refractivity contribution is -0.159. The predicted molar refractivity (Wildman–Crippen MR) is 93.0 cm³/mol. The minimum atomic E-state index is -4.55. The summed E-state index contributed by atoms with van der Waals surface area (Å²) >= 11 is 0. The molecule has 0 spiro atoms. The van der Waals surface area contributed by atoms with E-state index in [4.69, 9.17) is 9.47 Å². The zero-order chi connectivity index (χ0) is 20.9. The second kappa shape index (κ2) is 6.85. The van der Waals surface area contributed by atoms with Crippen molar-refractivity contribution < 1.29 is 37.3 Å². The van der Waals surface area contributed by atoms with Gasteiger partial charge in [0.15, 0.2) is 6.10 Å². The highest BCUT2D eigenvalue weighted by Gasteiger charge is 2.62. The van der Waals surface area contributed by atoms with E-state index in [9.17, 15) is 27.9 Å². The van der Waals surface area contributed by atoms with E-state index >= 15 is 0 Å². The van der Waals surface area contributed by atoms with Gasteiger partial charge in [0.2, 0.25) is 0 Å². The van der Waals surface area contributed by atoms with Crippen LogP contribution in [0.1, 0.15) is 27.6 Å². The molecule has 2 saturated heterocycles. The Bertz CT molecular complexity index is 959. The number of likely N-dealkylation sites (tertiary alicyclic amines) is 1. The summed E-state index contributed by atoms with van der Waals surface area (Å²) in [6, 6.07) is 9.48. The van der Waals surface area contributed by atoms with Crippen molar-refractivity contribution in [3.63, 3.8) is 0 Å². The van der Waals surface area contributed by atoms with Gasteiger partial charge in [0.1, 0.15) is 24.0 Å². The van der Waals surface area contributed by atoms with Crippen molar-refractivity contribution in [2.75, 3.05) is 7.11 Å². The second-order valence-corrected chi connectivity index (χ2v) is 6.82. The molecule has 0 saturated carbocycles. The smallest absolute Gasteiger partial charge is 0.416 e. The van der Waals surface area contributed by atoms with Crippen molar-refractivity contribution in [2.24, 2.45) is 0 Å². The van der Waals surface area contributed by atoms with Crippen LogP contribution in [0.3, 0.4) is 0 Å². The number of hydrogen-bond acceptors (Lipinski definition) is 5. The fourth-order valence-corrected chi connectivity index (χ4v) is 3.65. The Morgan fingerprint density at radius 3 is 2.45 bits per heavy atom. The van der Waals surface area contributed by atoms with Gasteiger partial charge in [-0.2, -0.15) is 13.2 Å². The Hall–Kier alpha value is -2.91. The lowest BCUT2D eigenvalue weighted by atomic mass is 9.90. The predicted octanol–water partition coefficient (Wildman–Crippen LogP) is 2.57. The van der Waals surface area contributed by atoms with Gasteiger partial charge in [-0.25, -0.2) is 0 Å². The van der Waals surface area contributed by atoms with Gasteiger partial charge in [0.05, 0.1) is 12.7 Å². The monoisotopic (exact) mass is 407 g/mol. The van der Waals surface area contributed by atoms with Crippen molar-refractivity contribution in [1.29, 1.82) is 0 Å². The topological polar surface area (TPSA) is 76.1 Å². The summed E-state index contributed by atoms with van der Waals surface area (Å²) in [4.78, 5) is 26.0. The minimum Gasteiger partial charge on any atom is -0.497 e. The van der Waals surface area contributed by atoms with Gasteiger partial charge in [-0.3, -0.25) is 14.5 Å². The molecule has 0 aromatic heterocycles. The summed E-state index contributed by atoms with van der Waals surface area (Å²) < 4.78 is 49.4. The Labute approximate surface area is 163 Å². The number of nitrogens with zero attached hydrogens (tertiary/aromatic N) is 1. The average molecular weight is 407 g/mol. The molecule has 0 radical (unpaired) electrons. The van der Waals surface area contributed by atoms with Crippen LogP contribution in [0.25, 0.3) is 0 Å². The molecule has 2 amide bonds. The molecular weight excluding hydrogens is 391 g/mol. The number of carbonyl (C=O) groups excluding carboxylic acids is 2. The molecule has 0 unspecified atom stereocenters. The first-order valence-electron chi connectivity index (χ1n) is 8.74. The normalized spacial score (nSPS) is 26.1. The molecular formula is C20H16F3NO5. The standard InChI is InChI=1S/C20H16F3NO5/c1-28-13-7-5-10(6-8-13)18(26)24-14-15(25)16(29-17(14)19(24)27)11-3-2-4-12(9-11)20(21,22)23/h2-9,14-17,25H,1H3/t14-,15-,16+,17+/m1/s1. The van der Waals surface area contributed by atoms with E-state index in [0.29, 0.717) is 5.75 Å². The number of rotatable bonds is 3. The third-order valence-electron chi connectivity index (χ3n) is 5.14. The van der Waals surface area contributed by atoms with Gasteiger partial charge in [0.25, 0.3) is 11.8 Å². The average Bonchev–Trinajstić information content (AvgIpc) is 3.00. The number of ether oxygens (including phenoxy) is 2. The van der Waals surface area contributed by atoms with Gasteiger partial charge < -0.3 is 14.6 Å². The van der Waals surface area contributed by atoms with Crippen molar-refractivity contribution in [3.05, 3.63) is 65.2 Å². The van der Waals surface area contributed by atoms with Crippen LogP contribution < -0.4 is 4.74 Å². The van der Waals surface area contributed by atoms with Gasteiger partial charge in [-0.1, -0.05) is 12.1 Å².